The van der Waals surface area contributed by atoms with E-state index in [1.54, 1.807) is 0 Å². The summed E-state index contributed by atoms with van der Waals surface area (Å²) in [5.74, 6) is 1.21. The second-order valence-corrected chi connectivity index (χ2v) is 6.37. The highest BCUT2D eigenvalue weighted by Crippen LogP contribution is 2.27. The molecule has 2 aliphatic heterocycles. The monoisotopic (exact) mass is 328 g/mol. The Morgan fingerprint density at radius 1 is 1.08 bits per heavy atom. The summed E-state index contributed by atoms with van der Waals surface area (Å²) in [7, 11) is 0. The van der Waals surface area contributed by atoms with Gasteiger partial charge in [-0.05, 0) is 37.1 Å². The largest absolute Gasteiger partial charge is 0.332 e. The van der Waals surface area contributed by atoms with E-state index in [1.807, 2.05) is 24.3 Å². The molecule has 0 fully saturated rings. The molecule has 0 amide bonds. The van der Waals surface area contributed by atoms with Gasteiger partial charge in [0.1, 0.15) is 5.71 Å². The van der Waals surface area contributed by atoms with E-state index in [0.29, 0.717) is 5.89 Å². The van der Waals surface area contributed by atoms with Gasteiger partial charge in [-0.1, -0.05) is 30.3 Å². The molecule has 0 bridgehead atoms. The lowest BCUT2D eigenvalue weighted by Gasteiger charge is -2.00. The molecule has 0 atom stereocenters. The molecule has 0 saturated carbocycles. The molecule has 0 aliphatic carbocycles. The van der Waals surface area contributed by atoms with Gasteiger partial charge in [-0.3, -0.25) is 0 Å². The predicted molar refractivity (Wildman–Crippen MR) is 94.7 cm³/mol. The second kappa shape index (κ2) is 5.21. The summed E-state index contributed by atoms with van der Waals surface area (Å²) in [5.41, 5.74) is 3.83. The van der Waals surface area contributed by atoms with Crippen molar-refractivity contribution in [2.24, 2.45) is 9.98 Å². The normalized spacial score (nSPS) is 13.6. The van der Waals surface area contributed by atoms with Crippen LogP contribution in [-0.2, 0) is 6.42 Å². The number of hydrogen-bond acceptors (Lipinski definition) is 5. The van der Waals surface area contributed by atoms with Gasteiger partial charge < -0.3 is 4.52 Å². The topological polar surface area (TPSA) is 63.6 Å². The fraction of sp³-hybridized carbons (Fsp3) is 0.200. The summed E-state index contributed by atoms with van der Waals surface area (Å²) >= 11 is 0. The number of hydrogen-bond donors (Lipinski definition) is 0. The Morgan fingerprint density at radius 2 is 1.96 bits per heavy atom. The number of rotatable bonds is 3. The van der Waals surface area contributed by atoms with Crippen LogP contribution >= 0.6 is 0 Å². The minimum atomic E-state index is 0.483. The average molecular weight is 328 g/mol. The van der Waals surface area contributed by atoms with Crippen molar-refractivity contribution in [3.05, 3.63) is 68.6 Å². The van der Waals surface area contributed by atoms with Gasteiger partial charge >= 0.3 is 0 Å². The summed E-state index contributed by atoms with van der Waals surface area (Å²) in [6.45, 7) is 4.19. The van der Waals surface area contributed by atoms with Crippen molar-refractivity contribution in [1.29, 1.82) is 0 Å². The van der Waals surface area contributed by atoms with Crippen LogP contribution in [0.2, 0.25) is 0 Å². The van der Waals surface area contributed by atoms with E-state index >= 15 is 0 Å². The first-order valence-corrected chi connectivity index (χ1v) is 8.49. The molecule has 5 heteroatoms. The summed E-state index contributed by atoms with van der Waals surface area (Å²) in [5, 5.41) is 8.43. The number of aliphatic imine (C=N–C) groups is 1. The first kappa shape index (κ1) is 14.3. The maximum absolute atomic E-state index is 5.38. The van der Waals surface area contributed by atoms with Gasteiger partial charge in [0, 0.05) is 22.1 Å². The first-order chi connectivity index (χ1) is 12.2. The van der Waals surface area contributed by atoms with Crippen LogP contribution in [0.3, 0.4) is 0 Å². The highest BCUT2D eigenvalue weighted by atomic mass is 16.5. The molecule has 0 radical (unpaired) electrons. The molecule has 25 heavy (non-hydrogen) atoms. The molecule has 2 aromatic carbocycles. The van der Waals surface area contributed by atoms with Crippen LogP contribution in [0.5, 0.6) is 0 Å². The molecule has 0 saturated heterocycles. The molecule has 2 aliphatic rings. The molecular formula is C20H16N4O. The van der Waals surface area contributed by atoms with Gasteiger partial charge in [-0.25, -0.2) is 9.98 Å². The first-order valence-electron chi connectivity index (χ1n) is 8.49. The molecule has 0 unspecified atom stereocenters. The fourth-order valence-corrected chi connectivity index (χ4v) is 3.44. The smallest absolute Gasteiger partial charge is 0.276 e. The van der Waals surface area contributed by atoms with Gasteiger partial charge in [-0.2, -0.15) is 4.98 Å². The zero-order chi connectivity index (χ0) is 17.0. The van der Waals surface area contributed by atoms with Crippen LogP contribution in [0.1, 0.15) is 30.6 Å². The van der Waals surface area contributed by atoms with Gasteiger partial charge in [0.25, 0.3) is 5.89 Å². The highest BCUT2D eigenvalue weighted by Gasteiger charge is 2.19. The van der Waals surface area contributed by atoms with E-state index in [1.165, 1.54) is 0 Å². The van der Waals surface area contributed by atoms with Gasteiger partial charge in [-0.15, -0.1) is 0 Å². The molecule has 122 valence electrons. The molecule has 0 spiro atoms. The summed E-state index contributed by atoms with van der Waals surface area (Å²) in [6.07, 6.45) is 3.82. The van der Waals surface area contributed by atoms with Gasteiger partial charge in [0.05, 0.1) is 16.7 Å². The van der Waals surface area contributed by atoms with Crippen molar-refractivity contribution in [2.45, 2.75) is 26.7 Å². The van der Waals surface area contributed by atoms with E-state index in [9.17, 15) is 0 Å². The number of benzene rings is 2. The maximum Gasteiger partial charge on any atom is 0.276 e. The van der Waals surface area contributed by atoms with Crippen molar-refractivity contribution in [3.63, 3.8) is 0 Å². The SMILES string of the molecule is CCCc1noc(C2=Nc3cc4c(c(C)c3=C2)N=c2ccccc2=4)n1. The molecule has 3 heterocycles. The quantitative estimate of drug-likeness (QED) is 0.581. The Balaban J connectivity index is 1.70. The lowest BCUT2D eigenvalue weighted by atomic mass is 10.1. The van der Waals surface area contributed by atoms with E-state index in [-0.39, 0.29) is 0 Å². The molecule has 3 aromatic rings. The summed E-state index contributed by atoms with van der Waals surface area (Å²) in [6, 6.07) is 10.3. The third kappa shape index (κ3) is 2.09. The Labute approximate surface area is 143 Å². The number of nitrogens with zero attached hydrogens (tertiary/aromatic N) is 4. The van der Waals surface area contributed by atoms with Crippen LogP contribution in [-0.4, -0.2) is 15.9 Å². The minimum absolute atomic E-state index is 0.483. The third-order valence-corrected chi connectivity index (χ3v) is 4.68. The van der Waals surface area contributed by atoms with Crippen molar-refractivity contribution in [3.8, 4) is 0 Å². The van der Waals surface area contributed by atoms with Gasteiger partial charge in [0.15, 0.2) is 5.82 Å². The Kier molecular flexibility index (Phi) is 2.98. The maximum atomic E-state index is 5.38. The summed E-state index contributed by atoms with van der Waals surface area (Å²) < 4.78 is 5.38. The number of aromatic nitrogens is 2. The van der Waals surface area contributed by atoms with E-state index in [4.69, 9.17) is 14.5 Å². The minimum Gasteiger partial charge on any atom is -0.332 e. The zero-order valence-corrected chi connectivity index (χ0v) is 14.1. The lowest BCUT2D eigenvalue weighted by molar-refractivity contribution is 0.404. The van der Waals surface area contributed by atoms with Crippen molar-refractivity contribution >= 4 is 23.2 Å². The fourth-order valence-electron chi connectivity index (χ4n) is 3.44. The van der Waals surface area contributed by atoms with E-state index in [0.717, 1.165) is 62.3 Å². The summed E-state index contributed by atoms with van der Waals surface area (Å²) in [4.78, 5) is 14.0. The molecule has 1 aromatic heterocycles. The van der Waals surface area contributed by atoms with E-state index in [2.05, 4.69) is 36.1 Å². The molecule has 0 N–H and O–H groups in total. The number of aryl methyl sites for hydroxylation is 1. The Hall–Kier alpha value is -3.08. The lowest BCUT2D eigenvalue weighted by Crippen LogP contribution is -2.05. The molecular weight excluding hydrogens is 312 g/mol. The molecule has 5 nitrogen and oxygen atoms in total. The van der Waals surface area contributed by atoms with Gasteiger partial charge in [0.2, 0.25) is 0 Å². The van der Waals surface area contributed by atoms with Crippen LogP contribution in [0.25, 0.3) is 6.08 Å². The van der Waals surface area contributed by atoms with Crippen LogP contribution < -0.4 is 10.6 Å². The average Bonchev–Trinajstić information content (AvgIpc) is 3.32. The van der Waals surface area contributed by atoms with Crippen LogP contribution in [0, 0.1) is 17.4 Å². The third-order valence-electron chi connectivity index (χ3n) is 4.68. The second-order valence-electron chi connectivity index (χ2n) is 6.37. The number of fused-ring (bicyclic) bond motifs is 3. The molecule has 5 rings (SSSR count). The Bertz CT molecular complexity index is 1270. The predicted octanol–water partition coefficient (Wildman–Crippen LogP) is 2.80. The number of para-hydroxylation sites is 1. The van der Waals surface area contributed by atoms with Crippen LogP contribution in [0.4, 0.5) is 11.4 Å². The standard InChI is InChI=1S/C20H16N4O/c1-3-6-18-23-20(25-24-18)17-9-13-11(2)19-14(10-16(13)21-17)12-7-4-5-8-15(12)22-19/h4-5,7-10H,3,6H2,1-2H3. The van der Waals surface area contributed by atoms with Crippen molar-refractivity contribution in [2.75, 3.05) is 0 Å². The zero-order valence-electron chi connectivity index (χ0n) is 14.1. The van der Waals surface area contributed by atoms with Crippen LogP contribution in [0.15, 0.2) is 44.8 Å². The van der Waals surface area contributed by atoms with Crippen molar-refractivity contribution < 1.29 is 4.52 Å². The highest BCUT2D eigenvalue weighted by molar-refractivity contribution is 6.21. The van der Waals surface area contributed by atoms with Crippen molar-refractivity contribution in [1.82, 2.24) is 10.1 Å². The van der Waals surface area contributed by atoms with E-state index < -0.39 is 0 Å². The Morgan fingerprint density at radius 3 is 2.84 bits per heavy atom.